The standard InChI is InChI=1S/C18H21ClN2O3/c1-4-5-11-24-17(22)10-9-16-13(2)20(3)21(18(16)23)15-8-6-7-14(19)12-15/h6-10,12H,4-5,11H2,1-3H3/b10-9+. The first kappa shape index (κ1) is 18.1. The van der Waals surface area contributed by atoms with E-state index < -0.39 is 5.97 Å². The Morgan fingerprint density at radius 2 is 2.12 bits per heavy atom. The molecule has 0 atom stereocenters. The molecule has 0 fully saturated rings. The highest BCUT2D eigenvalue weighted by atomic mass is 35.5. The maximum Gasteiger partial charge on any atom is 0.330 e. The molecule has 1 heterocycles. The van der Waals surface area contributed by atoms with Gasteiger partial charge in [-0.1, -0.05) is 31.0 Å². The SMILES string of the molecule is CCCCOC(=O)/C=C/c1c(C)n(C)n(-c2cccc(Cl)c2)c1=O. The van der Waals surface area contributed by atoms with Gasteiger partial charge in [-0.3, -0.25) is 9.48 Å². The van der Waals surface area contributed by atoms with Crippen LogP contribution in [0.25, 0.3) is 11.8 Å². The summed E-state index contributed by atoms with van der Waals surface area (Å²) in [4.78, 5) is 24.4. The molecule has 5 nitrogen and oxygen atoms in total. The topological polar surface area (TPSA) is 53.2 Å². The highest BCUT2D eigenvalue weighted by Gasteiger charge is 2.14. The minimum absolute atomic E-state index is 0.213. The van der Waals surface area contributed by atoms with Crippen LogP contribution in [-0.4, -0.2) is 21.9 Å². The second-order valence-electron chi connectivity index (χ2n) is 5.47. The van der Waals surface area contributed by atoms with E-state index in [-0.39, 0.29) is 5.56 Å². The third-order valence-electron chi connectivity index (χ3n) is 3.78. The number of hydrogen-bond acceptors (Lipinski definition) is 3. The highest BCUT2D eigenvalue weighted by Crippen LogP contribution is 2.16. The maximum atomic E-state index is 12.7. The zero-order valence-electron chi connectivity index (χ0n) is 14.1. The average Bonchev–Trinajstić information content (AvgIpc) is 2.75. The lowest BCUT2D eigenvalue weighted by Crippen LogP contribution is -2.20. The van der Waals surface area contributed by atoms with Crippen molar-refractivity contribution in [2.75, 3.05) is 6.61 Å². The van der Waals surface area contributed by atoms with Crippen LogP contribution >= 0.6 is 11.6 Å². The summed E-state index contributed by atoms with van der Waals surface area (Å²) >= 11 is 6.01. The first-order chi connectivity index (χ1) is 11.5. The zero-order valence-corrected chi connectivity index (χ0v) is 14.8. The Kier molecular flexibility index (Phi) is 6.04. The molecular weight excluding hydrogens is 328 g/mol. The van der Waals surface area contributed by atoms with Crippen LogP contribution in [0.1, 0.15) is 31.0 Å². The lowest BCUT2D eigenvalue weighted by Gasteiger charge is -2.08. The predicted octanol–water partition coefficient (Wildman–Crippen LogP) is 3.49. The molecule has 2 aromatic rings. The summed E-state index contributed by atoms with van der Waals surface area (Å²) in [5.74, 6) is -0.444. The van der Waals surface area contributed by atoms with E-state index in [2.05, 4.69) is 0 Å². The fourth-order valence-electron chi connectivity index (χ4n) is 2.34. The van der Waals surface area contributed by atoms with Crippen molar-refractivity contribution in [1.82, 2.24) is 9.36 Å². The summed E-state index contributed by atoms with van der Waals surface area (Å²) in [6.07, 6.45) is 4.58. The summed E-state index contributed by atoms with van der Waals surface area (Å²) in [6.45, 7) is 4.24. The van der Waals surface area contributed by atoms with Gasteiger partial charge in [0.15, 0.2) is 0 Å². The molecule has 0 radical (unpaired) electrons. The van der Waals surface area contributed by atoms with Gasteiger partial charge in [-0.2, -0.15) is 0 Å². The first-order valence-electron chi connectivity index (χ1n) is 7.85. The van der Waals surface area contributed by atoms with Crippen molar-refractivity contribution in [2.45, 2.75) is 26.7 Å². The van der Waals surface area contributed by atoms with Crippen molar-refractivity contribution in [3.05, 3.63) is 57.0 Å². The van der Waals surface area contributed by atoms with E-state index in [0.717, 1.165) is 18.5 Å². The van der Waals surface area contributed by atoms with E-state index in [1.165, 1.54) is 16.8 Å². The third-order valence-corrected chi connectivity index (χ3v) is 4.01. The number of carbonyl (C=O) groups is 1. The molecule has 2 rings (SSSR count). The fraction of sp³-hybridized carbons (Fsp3) is 0.333. The average molecular weight is 349 g/mol. The van der Waals surface area contributed by atoms with E-state index >= 15 is 0 Å². The fourth-order valence-corrected chi connectivity index (χ4v) is 2.52. The Morgan fingerprint density at radius 1 is 1.38 bits per heavy atom. The summed E-state index contributed by atoms with van der Waals surface area (Å²) < 4.78 is 8.31. The van der Waals surface area contributed by atoms with Gasteiger partial charge in [0.2, 0.25) is 0 Å². The number of halogens is 1. The number of esters is 1. The number of ether oxygens (including phenoxy) is 1. The molecule has 0 aliphatic heterocycles. The lowest BCUT2D eigenvalue weighted by atomic mass is 10.2. The molecule has 0 aliphatic carbocycles. The van der Waals surface area contributed by atoms with Crippen molar-refractivity contribution in [3.8, 4) is 5.69 Å². The van der Waals surface area contributed by atoms with E-state index in [4.69, 9.17) is 16.3 Å². The molecular formula is C18H21ClN2O3. The van der Waals surface area contributed by atoms with Gasteiger partial charge in [0.25, 0.3) is 5.56 Å². The lowest BCUT2D eigenvalue weighted by molar-refractivity contribution is -0.137. The van der Waals surface area contributed by atoms with Crippen LogP contribution in [-0.2, 0) is 16.6 Å². The van der Waals surface area contributed by atoms with E-state index in [0.29, 0.717) is 22.9 Å². The highest BCUT2D eigenvalue weighted by molar-refractivity contribution is 6.30. The van der Waals surface area contributed by atoms with E-state index in [1.807, 2.05) is 13.8 Å². The van der Waals surface area contributed by atoms with E-state index in [1.54, 1.807) is 36.0 Å². The van der Waals surface area contributed by atoms with Crippen LogP contribution in [0.3, 0.4) is 0 Å². The van der Waals surface area contributed by atoms with Crippen molar-refractivity contribution >= 4 is 23.6 Å². The molecule has 0 saturated heterocycles. The minimum Gasteiger partial charge on any atom is -0.463 e. The van der Waals surface area contributed by atoms with Crippen molar-refractivity contribution in [3.63, 3.8) is 0 Å². The van der Waals surface area contributed by atoms with Crippen LogP contribution in [0.2, 0.25) is 5.02 Å². The van der Waals surface area contributed by atoms with Crippen LogP contribution in [0, 0.1) is 6.92 Å². The largest absolute Gasteiger partial charge is 0.463 e. The summed E-state index contributed by atoms with van der Waals surface area (Å²) in [5.41, 5.74) is 1.65. The van der Waals surface area contributed by atoms with Gasteiger partial charge >= 0.3 is 5.97 Å². The summed E-state index contributed by atoms with van der Waals surface area (Å²) in [6, 6.07) is 7.06. The van der Waals surface area contributed by atoms with Gasteiger partial charge < -0.3 is 4.74 Å². The van der Waals surface area contributed by atoms with Gasteiger partial charge in [-0.15, -0.1) is 0 Å². The van der Waals surface area contributed by atoms with Crippen molar-refractivity contribution in [2.24, 2.45) is 7.05 Å². The second kappa shape index (κ2) is 8.02. The molecule has 0 bridgehead atoms. The van der Waals surface area contributed by atoms with E-state index in [9.17, 15) is 9.59 Å². The summed E-state index contributed by atoms with van der Waals surface area (Å²) in [5, 5.41) is 0.551. The molecule has 0 amide bonds. The quantitative estimate of drug-likeness (QED) is 0.456. The molecule has 0 unspecified atom stereocenters. The second-order valence-corrected chi connectivity index (χ2v) is 5.91. The van der Waals surface area contributed by atoms with Gasteiger partial charge in [-0.25, -0.2) is 9.48 Å². The zero-order chi connectivity index (χ0) is 17.7. The monoisotopic (exact) mass is 348 g/mol. The molecule has 0 N–H and O–H groups in total. The Bertz CT molecular complexity index is 818. The van der Waals surface area contributed by atoms with Gasteiger partial charge in [0.1, 0.15) is 0 Å². The van der Waals surface area contributed by atoms with Crippen molar-refractivity contribution < 1.29 is 9.53 Å². The minimum atomic E-state index is -0.444. The molecule has 0 saturated carbocycles. The van der Waals surface area contributed by atoms with Gasteiger partial charge in [0, 0.05) is 23.8 Å². The molecule has 1 aromatic carbocycles. The van der Waals surface area contributed by atoms with Gasteiger partial charge in [0.05, 0.1) is 17.9 Å². The first-order valence-corrected chi connectivity index (χ1v) is 8.23. The molecule has 1 aromatic heterocycles. The number of nitrogens with zero attached hydrogens (tertiary/aromatic N) is 2. The third kappa shape index (κ3) is 3.97. The van der Waals surface area contributed by atoms with Crippen LogP contribution in [0.5, 0.6) is 0 Å². The Balaban J connectivity index is 2.32. The van der Waals surface area contributed by atoms with Crippen LogP contribution < -0.4 is 5.56 Å². The molecule has 24 heavy (non-hydrogen) atoms. The number of unbranched alkanes of at least 4 members (excludes halogenated alkanes) is 1. The Morgan fingerprint density at radius 3 is 2.79 bits per heavy atom. The molecule has 6 heteroatoms. The molecule has 128 valence electrons. The van der Waals surface area contributed by atoms with Crippen molar-refractivity contribution in [1.29, 1.82) is 0 Å². The van der Waals surface area contributed by atoms with Crippen LogP contribution in [0.15, 0.2) is 35.1 Å². The molecule has 0 spiro atoms. The number of aromatic nitrogens is 2. The smallest absolute Gasteiger partial charge is 0.330 e. The Labute approximate surface area is 146 Å². The summed E-state index contributed by atoms with van der Waals surface area (Å²) in [7, 11) is 1.79. The predicted molar refractivity (Wildman–Crippen MR) is 95.7 cm³/mol. The number of rotatable bonds is 6. The number of hydrogen-bond donors (Lipinski definition) is 0. The van der Waals surface area contributed by atoms with Gasteiger partial charge in [-0.05, 0) is 37.6 Å². The normalized spacial score (nSPS) is 11.2. The number of benzene rings is 1. The maximum absolute atomic E-state index is 12.7. The van der Waals surface area contributed by atoms with Crippen LogP contribution in [0.4, 0.5) is 0 Å². The Hall–Kier alpha value is -2.27. The number of carbonyl (C=O) groups excluding carboxylic acids is 1. The molecule has 0 aliphatic rings.